The molecule has 0 spiro atoms. The topological polar surface area (TPSA) is 41.1 Å². The van der Waals surface area contributed by atoms with Gasteiger partial charge in [0.25, 0.3) is 0 Å². The van der Waals surface area contributed by atoms with Crippen molar-refractivity contribution < 1.29 is 4.79 Å². The molecule has 1 atom stereocenters. The highest BCUT2D eigenvalue weighted by Gasteiger charge is 2.25. The lowest BCUT2D eigenvalue weighted by molar-refractivity contribution is 0.223. The molecular formula is C15H20N2O. The molecule has 1 aliphatic carbocycles. The quantitative estimate of drug-likeness (QED) is 0.788. The summed E-state index contributed by atoms with van der Waals surface area (Å²) in [5.41, 5.74) is 1.01. The van der Waals surface area contributed by atoms with Gasteiger partial charge in [0.15, 0.2) is 0 Å². The zero-order valence-electron chi connectivity index (χ0n) is 10.8. The molecule has 18 heavy (non-hydrogen) atoms. The van der Waals surface area contributed by atoms with Gasteiger partial charge in [0.2, 0.25) is 0 Å². The first-order valence-corrected chi connectivity index (χ1v) is 6.43. The van der Waals surface area contributed by atoms with Gasteiger partial charge in [0.05, 0.1) is 0 Å². The molecule has 0 aromatic heterocycles. The van der Waals surface area contributed by atoms with Crippen LogP contribution < -0.4 is 10.6 Å². The molecule has 2 rings (SSSR count). The third kappa shape index (κ3) is 3.62. The van der Waals surface area contributed by atoms with Crippen LogP contribution in [0.1, 0.15) is 31.7 Å². The van der Waals surface area contributed by atoms with Crippen molar-refractivity contribution in [3.8, 4) is 0 Å². The van der Waals surface area contributed by atoms with Crippen LogP contribution in [0.15, 0.2) is 42.5 Å². The first kappa shape index (κ1) is 12.7. The number of amides is 2. The van der Waals surface area contributed by atoms with Crippen LogP contribution in [0.2, 0.25) is 0 Å². The maximum atomic E-state index is 11.8. The predicted octanol–water partition coefficient (Wildman–Crippen LogP) is 2.98. The molecule has 1 aromatic rings. The van der Waals surface area contributed by atoms with Crippen LogP contribution in [0.3, 0.4) is 0 Å². The van der Waals surface area contributed by atoms with Gasteiger partial charge in [-0.15, -0.1) is 0 Å². The van der Waals surface area contributed by atoms with Crippen LogP contribution in [-0.4, -0.2) is 11.6 Å². The highest BCUT2D eigenvalue weighted by molar-refractivity contribution is 5.74. The van der Waals surface area contributed by atoms with Gasteiger partial charge in [-0.3, -0.25) is 0 Å². The molecule has 0 aliphatic heterocycles. The minimum atomic E-state index is -0.102. The molecule has 0 saturated heterocycles. The molecule has 1 unspecified atom stereocenters. The van der Waals surface area contributed by atoms with Crippen LogP contribution in [0.4, 0.5) is 4.79 Å². The number of hydrogen-bond acceptors (Lipinski definition) is 1. The number of nitrogens with one attached hydrogen (secondary N) is 2. The summed E-state index contributed by atoms with van der Waals surface area (Å²) in [5.74, 6) is 0. The van der Waals surface area contributed by atoms with Crippen molar-refractivity contribution in [2.24, 2.45) is 0 Å². The van der Waals surface area contributed by atoms with Gasteiger partial charge in [-0.2, -0.15) is 0 Å². The van der Waals surface area contributed by atoms with Crippen molar-refractivity contribution in [3.63, 3.8) is 0 Å². The number of rotatable bonds is 3. The summed E-state index contributed by atoms with van der Waals surface area (Å²) in [6, 6.07) is 9.84. The van der Waals surface area contributed by atoms with Crippen molar-refractivity contribution in [1.82, 2.24) is 10.6 Å². The minimum Gasteiger partial charge on any atom is -0.334 e. The summed E-state index contributed by atoms with van der Waals surface area (Å²) in [5, 5.41) is 5.96. The maximum absolute atomic E-state index is 11.8. The fourth-order valence-electron chi connectivity index (χ4n) is 2.18. The summed E-state index contributed by atoms with van der Waals surface area (Å²) >= 11 is 0. The Morgan fingerprint density at radius 1 is 1.28 bits per heavy atom. The van der Waals surface area contributed by atoms with Crippen LogP contribution in [0, 0.1) is 0 Å². The first-order chi connectivity index (χ1) is 8.68. The van der Waals surface area contributed by atoms with Crippen LogP contribution >= 0.6 is 0 Å². The van der Waals surface area contributed by atoms with Crippen molar-refractivity contribution in [3.05, 3.63) is 48.0 Å². The normalized spacial score (nSPS) is 22.5. The minimum absolute atomic E-state index is 0.0864. The fourth-order valence-corrected chi connectivity index (χ4v) is 2.18. The molecular weight excluding hydrogens is 224 g/mol. The average Bonchev–Trinajstić information content (AvgIpc) is 2.38. The third-order valence-electron chi connectivity index (χ3n) is 3.31. The highest BCUT2D eigenvalue weighted by Crippen LogP contribution is 2.22. The lowest BCUT2D eigenvalue weighted by Gasteiger charge is -2.31. The van der Waals surface area contributed by atoms with Crippen LogP contribution in [-0.2, 0) is 6.54 Å². The van der Waals surface area contributed by atoms with Gasteiger partial charge in [-0.25, -0.2) is 4.79 Å². The van der Waals surface area contributed by atoms with E-state index in [0.717, 1.165) is 24.8 Å². The van der Waals surface area contributed by atoms with Crippen molar-refractivity contribution in [1.29, 1.82) is 0 Å². The molecule has 3 nitrogen and oxygen atoms in total. The van der Waals surface area contributed by atoms with E-state index < -0.39 is 0 Å². The number of benzene rings is 1. The monoisotopic (exact) mass is 244 g/mol. The average molecular weight is 244 g/mol. The molecule has 0 bridgehead atoms. The van der Waals surface area contributed by atoms with Crippen LogP contribution in [0.5, 0.6) is 0 Å². The van der Waals surface area contributed by atoms with Gasteiger partial charge in [-0.05, 0) is 31.7 Å². The van der Waals surface area contributed by atoms with Gasteiger partial charge < -0.3 is 10.6 Å². The van der Waals surface area contributed by atoms with E-state index in [1.165, 1.54) is 0 Å². The number of hydrogen-bond donors (Lipinski definition) is 2. The summed E-state index contributed by atoms with van der Waals surface area (Å²) in [7, 11) is 0. The molecule has 0 fully saturated rings. The van der Waals surface area contributed by atoms with Gasteiger partial charge in [-0.1, -0.05) is 42.5 Å². The van der Waals surface area contributed by atoms with E-state index in [1.54, 1.807) is 0 Å². The number of carbonyl (C=O) groups excluding carboxylic acids is 1. The van der Waals surface area contributed by atoms with Crippen molar-refractivity contribution >= 4 is 6.03 Å². The second kappa shape index (κ2) is 5.71. The highest BCUT2D eigenvalue weighted by atomic mass is 16.2. The summed E-state index contributed by atoms with van der Waals surface area (Å²) in [6.07, 6.45) is 7.26. The standard InChI is InChI=1S/C15H20N2O/c1-15(10-6-3-7-11-15)17-14(18)16-12-13-8-4-2-5-9-13/h2-6,8-9H,7,10-12H2,1H3,(H2,16,17,18). The molecule has 0 heterocycles. The Kier molecular flexibility index (Phi) is 4.03. The van der Waals surface area contributed by atoms with E-state index in [-0.39, 0.29) is 11.6 Å². The number of allylic oxidation sites excluding steroid dienone is 1. The SMILES string of the molecule is CC1(NC(=O)NCc2ccccc2)CC=CCC1. The Morgan fingerprint density at radius 3 is 2.72 bits per heavy atom. The van der Waals surface area contributed by atoms with Crippen molar-refractivity contribution in [2.75, 3.05) is 0 Å². The summed E-state index contributed by atoms with van der Waals surface area (Å²) in [6.45, 7) is 2.66. The zero-order chi connectivity index (χ0) is 12.8. The molecule has 0 radical (unpaired) electrons. The fraction of sp³-hybridized carbons (Fsp3) is 0.400. The summed E-state index contributed by atoms with van der Waals surface area (Å²) < 4.78 is 0. The Bertz CT molecular complexity index is 427. The maximum Gasteiger partial charge on any atom is 0.315 e. The lowest BCUT2D eigenvalue weighted by atomic mass is 9.88. The molecule has 2 N–H and O–H groups in total. The lowest BCUT2D eigenvalue weighted by Crippen LogP contribution is -2.50. The van der Waals surface area contributed by atoms with Gasteiger partial charge in [0, 0.05) is 12.1 Å². The Balaban J connectivity index is 1.80. The number of carbonyl (C=O) groups is 1. The van der Waals surface area contributed by atoms with E-state index in [0.29, 0.717) is 6.54 Å². The van der Waals surface area contributed by atoms with Gasteiger partial charge in [0.1, 0.15) is 0 Å². The third-order valence-corrected chi connectivity index (χ3v) is 3.31. The predicted molar refractivity (Wildman–Crippen MR) is 73.2 cm³/mol. The Hall–Kier alpha value is -1.77. The summed E-state index contributed by atoms with van der Waals surface area (Å²) in [4.78, 5) is 11.8. The second-order valence-electron chi connectivity index (χ2n) is 5.07. The smallest absolute Gasteiger partial charge is 0.315 e. The van der Waals surface area contributed by atoms with E-state index in [4.69, 9.17) is 0 Å². The molecule has 96 valence electrons. The Labute approximate surface area is 108 Å². The molecule has 1 aromatic carbocycles. The molecule has 2 amide bonds. The van der Waals surface area contributed by atoms with Crippen molar-refractivity contribution in [2.45, 2.75) is 38.3 Å². The van der Waals surface area contributed by atoms with Crippen LogP contribution in [0.25, 0.3) is 0 Å². The second-order valence-corrected chi connectivity index (χ2v) is 5.07. The molecule has 1 aliphatic rings. The number of urea groups is 1. The molecule has 0 saturated carbocycles. The largest absolute Gasteiger partial charge is 0.334 e. The van der Waals surface area contributed by atoms with Gasteiger partial charge >= 0.3 is 6.03 Å². The Morgan fingerprint density at radius 2 is 2.06 bits per heavy atom. The van der Waals surface area contributed by atoms with E-state index in [2.05, 4.69) is 29.7 Å². The zero-order valence-corrected chi connectivity index (χ0v) is 10.8. The van der Waals surface area contributed by atoms with E-state index in [9.17, 15) is 4.79 Å². The molecule has 3 heteroatoms. The van der Waals surface area contributed by atoms with E-state index in [1.807, 2.05) is 30.3 Å². The van der Waals surface area contributed by atoms with E-state index >= 15 is 0 Å². The first-order valence-electron chi connectivity index (χ1n) is 6.43.